The molecule has 0 amide bonds. The molecular weight excluding hydrogens is 236 g/mol. The van der Waals surface area contributed by atoms with E-state index >= 15 is 0 Å². The predicted molar refractivity (Wildman–Crippen MR) is 66.5 cm³/mol. The van der Waals surface area contributed by atoms with Crippen molar-refractivity contribution in [3.8, 4) is 0 Å². The van der Waals surface area contributed by atoms with Crippen molar-refractivity contribution in [1.82, 2.24) is 5.32 Å². The Morgan fingerprint density at radius 1 is 1.33 bits per heavy atom. The van der Waals surface area contributed by atoms with Crippen molar-refractivity contribution in [3.63, 3.8) is 0 Å². The van der Waals surface area contributed by atoms with Crippen LogP contribution in [0.15, 0.2) is 18.2 Å². The average Bonchev–Trinajstić information content (AvgIpc) is 2.41. The second-order valence-electron chi connectivity index (χ2n) is 4.76. The number of hydrogen-bond donors (Lipinski definition) is 1. The third kappa shape index (κ3) is 3.06. The lowest BCUT2D eigenvalue weighted by molar-refractivity contribution is 0.0546. The van der Waals surface area contributed by atoms with Crippen molar-refractivity contribution >= 4 is 0 Å². The smallest absolute Gasteiger partial charge is 0.162 e. The highest BCUT2D eigenvalue weighted by molar-refractivity contribution is 5.20. The third-order valence-corrected chi connectivity index (χ3v) is 3.68. The van der Waals surface area contributed by atoms with Gasteiger partial charge >= 0.3 is 0 Å². The summed E-state index contributed by atoms with van der Waals surface area (Å²) in [6.07, 6.45) is 2.47. The summed E-state index contributed by atoms with van der Waals surface area (Å²) >= 11 is 0. The molecule has 0 radical (unpaired) electrons. The minimum absolute atomic E-state index is 0.171. The molecule has 2 nitrogen and oxygen atoms in total. The lowest BCUT2D eigenvalue weighted by Crippen LogP contribution is -2.38. The Labute approximate surface area is 106 Å². The van der Waals surface area contributed by atoms with Crippen LogP contribution in [0, 0.1) is 17.6 Å². The van der Waals surface area contributed by atoms with Gasteiger partial charge < -0.3 is 10.1 Å². The zero-order valence-electron chi connectivity index (χ0n) is 10.6. The summed E-state index contributed by atoms with van der Waals surface area (Å²) in [5.41, 5.74) is 0.445. The quantitative estimate of drug-likeness (QED) is 0.892. The van der Waals surface area contributed by atoms with E-state index in [-0.39, 0.29) is 6.04 Å². The van der Waals surface area contributed by atoms with E-state index in [9.17, 15) is 8.78 Å². The molecule has 1 heterocycles. The van der Waals surface area contributed by atoms with Gasteiger partial charge in [0.2, 0.25) is 0 Å². The summed E-state index contributed by atoms with van der Waals surface area (Å²) in [6, 6.07) is 4.54. The van der Waals surface area contributed by atoms with E-state index in [4.69, 9.17) is 4.74 Å². The van der Waals surface area contributed by atoms with Crippen LogP contribution in [0.1, 0.15) is 18.4 Å². The molecule has 1 unspecified atom stereocenters. The summed E-state index contributed by atoms with van der Waals surface area (Å²) in [5.74, 6) is -1.02. The Morgan fingerprint density at radius 3 is 2.72 bits per heavy atom. The lowest BCUT2D eigenvalue weighted by Gasteiger charge is -2.30. The highest BCUT2D eigenvalue weighted by atomic mass is 19.2. The third-order valence-electron chi connectivity index (χ3n) is 3.68. The van der Waals surface area contributed by atoms with Crippen molar-refractivity contribution in [2.75, 3.05) is 20.3 Å². The molecule has 1 saturated heterocycles. The van der Waals surface area contributed by atoms with Crippen LogP contribution in [0.3, 0.4) is 0 Å². The van der Waals surface area contributed by atoms with Crippen molar-refractivity contribution in [3.05, 3.63) is 35.4 Å². The van der Waals surface area contributed by atoms with Crippen molar-refractivity contribution in [2.24, 2.45) is 5.92 Å². The van der Waals surface area contributed by atoms with Crippen molar-refractivity contribution in [1.29, 1.82) is 0 Å². The van der Waals surface area contributed by atoms with Crippen LogP contribution >= 0.6 is 0 Å². The maximum atomic E-state index is 13.6. The maximum absolute atomic E-state index is 13.6. The van der Waals surface area contributed by atoms with E-state index in [0.717, 1.165) is 32.1 Å². The summed E-state index contributed by atoms with van der Waals surface area (Å²) in [5, 5.41) is 3.22. The van der Waals surface area contributed by atoms with Gasteiger partial charge in [0.15, 0.2) is 11.6 Å². The zero-order chi connectivity index (χ0) is 13.0. The minimum Gasteiger partial charge on any atom is -0.381 e. The van der Waals surface area contributed by atoms with Gasteiger partial charge in [0.05, 0.1) is 0 Å². The molecule has 1 atom stereocenters. The van der Waals surface area contributed by atoms with Gasteiger partial charge in [-0.25, -0.2) is 8.78 Å². The van der Waals surface area contributed by atoms with E-state index in [1.807, 2.05) is 7.05 Å². The lowest BCUT2D eigenvalue weighted by atomic mass is 9.87. The maximum Gasteiger partial charge on any atom is 0.162 e. The summed E-state index contributed by atoms with van der Waals surface area (Å²) in [6.45, 7) is 1.52. The van der Waals surface area contributed by atoms with Gasteiger partial charge in [-0.3, -0.25) is 0 Å². The molecule has 0 bridgehead atoms. The number of benzene rings is 1. The van der Waals surface area contributed by atoms with Crippen molar-refractivity contribution in [2.45, 2.75) is 25.3 Å². The predicted octanol–water partition coefficient (Wildman–Crippen LogP) is 2.52. The normalized spacial score (nSPS) is 18.8. The Hall–Kier alpha value is -1.00. The molecule has 1 fully saturated rings. The number of hydrogen-bond acceptors (Lipinski definition) is 2. The molecule has 18 heavy (non-hydrogen) atoms. The van der Waals surface area contributed by atoms with Gasteiger partial charge in [0, 0.05) is 19.3 Å². The number of rotatable bonds is 4. The van der Waals surface area contributed by atoms with Gasteiger partial charge in [-0.15, -0.1) is 0 Å². The molecule has 1 aromatic carbocycles. The summed E-state index contributed by atoms with van der Waals surface area (Å²) in [4.78, 5) is 0. The molecule has 1 aromatic rings. The average molecular weight is 255 g/mol. The monoisotopic (exact) mass is 255 g/mol. The highest BCUT2D eigenvalue weighted by Crippen LogP contribution is 2.23. The molecule has 1 aliphatic heterocycles. The SMILES string of the molecule is CNC(Cc1cccc(F)c1F)C1CCOCC1. The largest absolute Gasteiger partial charge is 0.381 e. The molecular formula is C14H19F2NO. The van der Waals surface area contributed by atoms with Gasteiger partial charge in [0.25, 0.3) is 0 Å². The standard InChI is InChI=1S/C14H19F2NO/c1-17-13(10-5-7-18-8-6-10)9-11-3-2-4-12(15)14(11)16/h2-4,10,13,17H,5-9H2,1H3. The van der Waals surface area contributed by atoms with E-state index in [1.54, 1.807) is 12.1 Å². The van der Waals surface area contributed by atoms with Crippen LogP contribution in [0.4, 0.5) is 8.78 Å². The van der Waals surface area contributed by atoms with E-state index in [2.05, 4.69) is 5.32 Å². The molecule has 2 rings (SSSR count). The first kappa shape index (κ1) is 13.4. The van der Waals surface area contributed by atoms with Gasteiger partial charge in [-0.05, 0) is 43.9 Å². The number of likely N-dealkylation sites (N-methyl/N-ethyl adjacent to an activating group) is 1. The first-order valence-electron chi connectivity index (χ1n) is 6.40. The molecule has 1 aliphatic rings. The fourth-order valence-electron chi connectivity index (χ4n) is 2.57. The molecule has 0 spiro atoms. The zero-order valence-corrected chi connectivity index (χ0v) is 10.6. The molecule has 100 valence electrons. The van der Waals surface area contributed by atoms with Crippen LogP contribution < -0.4 is 5.32 Å². The Bertz CT molecular complexity index is 391. The second kappa shape index (κ2) is 6.25. The van der Waals surface area contributed by atoms with Crippen LogP contribution in [0.5, 0.6) is 0 Å². The second-order valence-corrected chi connectivity index (χ2v) is 4.76. The Balaban J connectivity index is 2.07. The molecule has 0 aromatic heterocycles. The summed E-state index contributed by atoms with van der Waals surface area (Å²) < 4.78 is 32.1. The number of ether oxygens (including phenoxy) is 1. The highest BCUT2D eigenvalue weighted by Gasteiger charge is 2.24. The van der Waals surface area contributed by atoms with E-state index in [0.29, 0.717) is 17.9 Å². The van der Waals surface area contributed by atoms with Crippen LogP contribution in [0.2, 0.25) is 0 Å². The minimum atomic E-state index is -0.769. The first-order chi connectivity index (χ1) is 8.72. The molecule has 0 saturated carbocycles. The number of nitrogens with one attached hydrogen (secondary N) is 1. The molecule has 4 heteroatoms. The van der Waals surface area contributed by atoms with Crippen molar-refractivity contribution < 1.29 is 13.5 Å². The fourth-order valence-corrected chi connectivity index (χ4v) is 2.57. The van der Waals surface area contributed by atoms with Crippen LogP contribution in [-0.4, -0.2) is 26.3 Å². The van der Waals surface area contributed by atoms with Crippen LogP contribution in [0.25, 0.3) is 0 Å². The topological polar surface area (TPSA) is 21.3 Å². The molecule has 1 N–H and O–H groups in total. The van der Waals surface area contributed by atoms with Crippen LogP contribution in [-0.2, 0) is 11.2 Å². The van der Waals surface area contributed by atoms with Gasteiger partial charge in [-0.2, -0.15) is 0 Å². The molecule has 0 aliphatic carbocycles. The summed E-state index contributed by atoms with van der Waals surface area (Å²) in [7, 11) is 1.87. The number of halogens is 2. The van der Waals surface area contributed by atoms with Gasteiger partial charge in [0.1, 0.15) is 0 Å². The van der Waals surface area contributed by atoms with E-state index in [1.165, 1.54) is 0 Å². The fraction of sp³-hybridized carbons (Fsp3) is 0.571. The Kier molecular flexibility index (Phi) is 4.66. The van der Waals surface area contributed by atoms with E-state index < -0.39 is 11.6 Å². The first-order valence-corrected chi connectivity index (χ1v) is 6.40. The Morgan fingerprint density at radius 2 is 2.06 bits per heavy atom. The van der Waals surface area contributed by atoms with Gasteiger partial charge in [-0.1, -0.05) is 12.1 Å².